The van der Waals surface area contributed by atoms with Crippen LogP contribution in [0.2, 0.25) is 0 Å². The number of alkyl halides is 4. The molecule has 10 heteroatoms. The van der Waals surface area contributed by atoms with Gasteiger partial charge in [0.2, 0.25) is 0 Å². The molecular formula is C3H3BF4MgO4. The molecule has 0 fully saturated rings. The Balaban J connectivity index is 0. The van der Waals surface area contributed by atoms with Crippen molar-refractivity contribution in [3.8, 4) is 0 Å². The van der Waals surface area contributed by atoms with Gasteiger partial charge >= 0.3 is 35.1 Å². The third-order valence-corrected chi connectivity index (χ3v) is 0.790. The molecule has 0 bridgehead atoms. The van der Waals surface area contributed by atoms with E-state index in [4.69, 9.17) is 0 Å². The Kier molecular flexibility index (Phi) is 6.48. The zero-order valence-electron chi connectivity index (χ0n) is 6.43. The van der Waals surface area contributed by atoms with Crippen LogP contribution in [-0.4, -0.2) is 42.4 Å². The van der Waals surface area contributed by atoms with Crippen LogP contribution in [0.15, 0.2) is 0 Å². The summed E-state index contributed by atoms with van der Waals surface area (Å²) in [7, 11) is -3.12. The molecule has 1 unspecified atom stereocenters. The van der Waals surface area contributed by atoms with E-state index in [1.807, 2.05) is 0 Å². The molecule has 1 atom stereocenters. The molecule has 0 aliphatic carbocycles. The molecule has 0 aliphatic rings. The van der Waals surface area contributed by atoms with E-state index in [0.29, 0.717) is 0 Å². The van der Waals surface area contributed by atoms with Gasteiger partial charge < -0.3 is 14.9 Å². The van der Waals surface area contributed by atoms with Crippen LogP contribution in [-0.2, 0) is 9.69 Å². The molecule has 0 heterocycles. The Hall–Kier alpha value is 0.391. The van der Waals surface area contributed by atoms with Crippen LogP contribution < -0.4 is 10.0 Å². The van der Waals surface area contributed by atoms with Gasteiger partial charge in [0.1, 0.15) is 7.32 Å². The van der Waals surface area contributed by atoms with Crippen LogP contribution in [0.1, 0.15) is 6.92 Å². The van der Waals surface area contributed by atoms with Crippen LogP contribution in [0.5, 0.6) is 0 Å². The van der Waals surface area contributed by atoms with Gasteiger partial charge in [-0.2, -0.15) is 17.6 Å². The first-order chi connectivity index (χ1) is 5.17. The van der Waals surface area contributed by atoms with E-state index in [0.717, 1.165) is 0 Å². The molecule has 0 spiro atoms. The number of rotatable bonds is 3. The first kappa shape index (κ1) is 15.8. The minimum absolute atomic E-state index is 0. The van der Waals surface area contributed by atoms with Crippen molar-refractivity contribution >= 4 is 30.4 Å². The van der Waals surface area contributed by atoms with Crippen LogP contribution in [0.25, 0.3) is 0 Å². The fraction of sp³-hybridized carbons (Fsp3) is 1.00. The maximum atomic E-state index is 12.2. The minimum Gasteiger partial charge on any atom is -0.868 e. The molecule has 0 aromatic carbocycles. The van der Waals surface area contributed by atoms with Gasteiger partial charge in [-0.25, -0.2) is 4.89 Å². The largest absolute Gasteiger partial charge is 2.00 e. The van der Waals surface area contributed by atoms with Crippen molar-refractivity contribution < 1.29 is 37.3 Å². The SMILES string of the molecule is CC(F)(OOB([O-])[O-])C(F)(F)F.[Mg+2]. The summed E-state index contributed by atoms with van der Waals surface area (Å²) in [6, 6.07) is 0. The van der Waals surface area contributed by atoms with Gasteiger partial charge in [-0.15, -0.1) is 0 Å². The summed E-state index contributed by atoms with van der Waals surface area (Å²) in [5.74, 6) is -4.15. The predicted molar refractivity (Wildman–Crippen MR) is 29.2 cm³/mol. The van der Waals surface area contributed by atoms with Crippen molar-refractivity contribution in [2.75, 3.05) is 0 Å². The van der Waals surface area contributed by atoms with Crippen LogP contribution in [0, 0.1) is 0 Å². The minimum atomic E-state index is -5.36. The Morgan fingerprint density at radius 3 is 1.77 bits per heavy atom. The summed E-state index contributed by atoms with van der Waals surface area (Å²) in [5, 5.41) is 18.9. The standard InChI is InChI=1S/C3H3BF4O4.Mg/c1-2(5,3(6,7)8)11-12-4(9)10;/h1H3;/q-2;+2. The molecule has 72 valence electrons. The summed E-state index contributed by atoms with van der Waals surface area (Å²) in [5.41, 5.74) is 0. The van der Waals surface area contributed by atoms with Crippen molar-refractivity contribution in [2.24, 2.45) is 0 Å². The van der Waals surface area contributed by atoms with Crippen LogP contribution in [0.3, 0.4) is 0 Å². The Morgan fingerprint density at radius 1 is 1.15 bits per heavy atom. The quantitative estimate of drug-likeness (QED) is 0.248. The van der Waals surface area contributed by atoms with Crippen molar-refractivity contribution in [1.29, 1.82) is 0 Å². The van der Waals surface area contributed by atoms with Gasteiger partial charge in [-0.1, -0.05) is 0 Å². The Morgan fingerprint density at radius 2 is 1.54 bits per heavy atom. The summed E-state index contributed by atoms with van der Waals surface area (Å²) >= 11 is 0. The van der Waals surface area contributed by atoms with E-state index in [1.165, 1.54) is 0 Å². The zero-order valence-corrected chi connectivity index (χ0v) is 7.84. The third-order valence-electron chi connectivity index (χ3n) is 0.790. The first-order valence-corrected chi connectivity index (χ1v) is 2.58. The maximum absolute atomic E-state index is 12.2. The van der Waals surface area contributed by atoms with Crippen molar-refractivity contribution in [1.82, 2.24) is 0 Å². The van der Waals surface area contributed by atoms with Gasteiger partial charge in [0.05, 0.1) is 0 Å². The number of halogens is 4. The monoisotopic (exact) mass is 214 g/mol. The predicted octanol–water partition coefficient (Wildman–Crippen LogP) is -1.49. The van der Waals surface area contributed by atoms with Gasteiger partial charge in [0.25, 0.3) is 0 Å². The van der Waals surface area contributed by atoms with Gasteiger partial charge in [0.15, 0.2) is 0 Å². The van der Waals surface area contributed by atoms with Crippen molar-refractivity contribution in [3.63, 3.8) is 0 Å². The average molecular weight is 214 g/mol. The maximum Gasteiger partial charge on any atom is 2.00 e. The first-order valence-electron chi connectivity index (χ1n) is 2.58. The molecule has 0 amide bonds. The van der Waals surface area contributed by atoms with Gasteiger partial charge in [0, 0.05) is 6.92 Å². The van der Waals surface area contributed by atoms with Crippen LogP contribution in [0.4, 0.5) is 17.6 Å². The number of hydrogen-bond donors (Lipinski definition) is 0. The average Bonchev–Trinajstić information content (AvgIpc) is 1.81. The van der Waals surface area contributed by atoms with E-state index in [2.05, 4.69) is 9.69 Å². The summed E-state index contributed by atoms with van der Waals surface area (Å²) in [4.78, 5) is 5.87. The van der Waals surface area contributed by atoms with E-state index in [1.54, 1.807) is 0 Å². The molecule has 13 heavy (non-hydrogen) atoms. The topological polar surface area (TPSA) is 64.6 Å². The van der Waals surface area contributed by atoms with Crippen molar-refractivity contribution in [2.45, 2.75) is 19.0 Å². The van der Waals surface area contributed by atoms with E-state index < -0.39 is 19.4 Å². The fourth-order valence-electron chi connectivity index (χ4n) is 0.177. The van der Waals surface area contributed by atoms with E-state index >= 15 is 0 Å². The molecule has 4 nitrogen and oxygen atoms in total. The normalized spacial score (nSPS) is 15.9. The Bertz CT molecular complexity index is 151. The van der Waals surface area contributed by atoms with E-state index in [9.17, 15) is 27.6 Å². The summed E-state index contributed by atoms with van der Waals surface area (Å²) < 4.78 is 46.7. The Labute approximate surface area is 87.1 Å². The number of hydrogen-bond acceptors (Lipinski definition) is 4. The smallest absolute Gasteiger partial charge is 0.868 e. The molecule has 0 aromatic heterocycles. The second-order valence-corrected chi connectivity index (χ2v) is 1.88. The molecule has 0 saturated carbocycles. The molecule has 0 saturated heterocycles. The fourth-order valence-corrected chi connectivity index (χ4v) is 0.177. The van der Waals surface area contributed by atoms with Gasteiger partial charge in [-0.3, -0.25) is 0 Å². The molecule has 0 rings (SSSR count). The second kappa shape index (κ2) is 5.32. The zero-order chi connectivity index (χ0) is 9.99. The van der Waals surface area contributed by atoms with E-state index in [-0.39, 0.29) is 30.0 Å². The summed E-state index contributed by atoms with van der Waals surface area (Å²) in [6.07, 6.45) is -5.36. The molecule has 0 radical (unpaired) electrons. The van der Waals surface area contributed by atoms with Crippen LogP contribution >= 0.6 is 0 Å². The molecule has 0 aromatic rings. The second-order valence-electron chi connectivity index (χ2n) is 1.88. The third kappa shape index (κ3) is 5.65. The summed E-state index contributed by atoms with van der Waals surface area (Å²) in [6.45, 7) is -0.0324. The van der Waals surface area contributed by atoms with Gasteiger partial charge in [-0.05, 0) is 0 Å². The molecule has 0 N–H and O–H groups in total. The molecular weight excluding hydrogens is 211 g/mol. The molecule has 0 aliphatic heterocycles. The van der Waals surface area contributed by atoms with Crippen molar-refractivity contribution in [3.05, 3.63) is 0 Å².